The topological polar surface area (TPSA) is 132 Å². The van der Waals surface area contributed by atoms with E-state index in [4.69, 9.17) is 14.7 Å². The van der Waals surface area contributed by atoms with Gasteiger partial charge in [-0.1, -0.05) is 12.1 Å². The number of carbonyl (C=O) groups is 2. The van der Waals surface area contributed by atoms with Gasteiger partial charge in [0.15, 0.2) is 12.7 Å². The zero-order valence-corrected chi connectivity index (χ0v) is 14.5. The fraction of sp³-hybridized carbons (Fsp3) is 0.167. The van der Waals surface area contributed by atoms with Crippen LogP contribution in [0.25, 0.3) is 0 Å². The number of amides is 1. The molecular weight excluding hydrogens is 373 g/mol. The van der Waals surface area contributed by atoms with Gasteiger partial charge in [0.1, 0.15) is 11.8 Å². The summed E-state index contributed by atoms with van der Waals surface area (Å²) >= 11 is 0. The highest BCUT2D eigenvalue weighted by Gasteiger charge is 2.21. The van der Waals surface area contributed by atoms with Crippen LogP contribution in [0.3, 0.4) is 0 Å². The van der Waals surface area contributed by atoms with Crippen molar-refractivity contribution in [3.63, 3.8) is 0 Å². The zero-order chi connectivity index (χ0) is 20.7. The fourth-order valence-electron chi connectivity index (χ4n) is 2.08. The largest absolute Gasteiger partial charge is 0.481 e. The number of rotatable bonds is 7. The maximum absolute atomic E-state index is 13.3. The second-order valence-electron chi connectivity index (χ2n) is 5.44. The van der Waals surface area contributed by atoms with Gasteiger partial charge in [-0.05, 0) is 31.2 Å². The van der Waals surface area contributed by atoms with Crippen LogP contribution in [0.2, 0.25) is 0 Å². The molecule has 1 amide bonds. The van der Waals surface area contributed by atoms with Gasteiger partial charge in [0, 0.05) is 11.8 Å². The number of esters is 1. The molecular formula is C18H14FN3O6. The average Bonchev–Trinajstić information content (AvgIpc) is 2.67. The highest BCUT2D eigenvalue weighted by atomic mass is 19.1. The Morgan fingerprint density at radius 1 is 1.32 bits per heavy atom. The molecule has 0 saturated carbocycles. The van der Waals surface area contributed by atoms with E-state index in [1.165, 1.54) is 19.1 Å². The average molecular weight is 387 g/mol. The molecule has 1 atom stereocenters. The van der Waals surface area contributed by atoms with Crippen molar-refractivity contribution in [3.8, 4) is 11.8 Å². The smallest absolute Gasteiger partial charge is 0.344 e. The Bertz CT molecular complexity index is 957. The number of nitrogens with zero attached hydrogens (tertiary/aromatic N) is 2. The second kappa shape index (κ2) is 9.09. The molecule has 0 aliphatic heterocycles. The summed E-state index contributed by atoms with van der Waals surface area (Å²) in [5.41, 5.74) is -0.591. The van der Waals surface area contributed by atoms with Crippen molar-refractivity contribution in [1.29, 1.82) is 5.26 Å². The van der Waals surface area contributed by atoms with Crippen LogP contribution in [0.1, 0.15) is 12.5 Å². The van der Waals surface area contributed by atoms with E-state index in [1.807, 2.05) is 6.07 Å². The van der Waals surface area contributed by atoms with Gasteiger partial charge in [0.2, 0.25) is 5.82 Å². The summed E-state index contributed by atoms with van der Waals surface area (Å²) in [6.07, 6.45) is -1.24. The van der Waals surface area contributed by atoms with Crippen molar-refractivity contribution in [2.75, 3.05) is 11.9 Å². The first-order valence-electron chi connectivity index (χ1n) is 7.88. The number of nitro groups is 1. The number of nitriles is 1. The molecule has 0 aromatic heterocycles. The summed E-state index contributed by atoms with van der Waals surface area (Å²) in [6.45, 7) is 0.757. The number of hydrogen-bond acceptors (Lipinski definition) is 7. The molecule has 9 nitrogen and oxygen atoms in total. The summed E-state index contributed by atoms with van der Waals surface area (Å²) < 4.78 is 23.4. The van der Waals surface area contributed by atoms with Gasteiger partial charge >= 0.3 is 11.7 Å². The standard InChI is InChI=1S/C18H14FN3O6/c1-11(18(24)21-13-6-7-14(19)15(8-13)22(25)26)28-17(23)10-27-16-5-3-2-4-12(16)9-20/h2-8,11H,10H2,1H3,(H,21,24)/t11-/m1/s1. The summed E-state index contributed by atoms with van der Waals surface area (Å²) in [5.74, 6) is -2.48. The summed E-state index contributed by atoms with van der Waals surface area (Å²) in [4.78, 5) is 33.7. The maximum atomic E-state index is 13.3. The number of nitro benzene ring substituents is 1. The van der Waals surface area contributed by atoms with Crippen LogP contribution < -0.4 is 10.1 Å². The first-order chi connectivity index (χ1) is 13.3. The normalized spacial score (nSPS) is 11.0. The third-order valence-corrected chi connectivity index (χ3v) is 3.44. The number of ether oxygens (including phenoxy) is 2. The van der Waals surface area contributed by atoms with Crippen LogP contribution >= 0.6 is 0 Å². The highest BCUT2D eigenvalue weighted by molar-refractivity contribution is 5.95. The number of nitrogens with one attached hydrogen (secondary N) is 1. The second-order valence-corrected chi connectivity index (χ2v) is 5.44. The summed E-state index contributed by atoms with van der Waals surface area (Å²) in [6, 6.07) is 11.0. The molecule has 2 rings (SSSR count). The molecule has 0 saturated heterocycles. The molecule has 2 aromatic rings. The van der Waals surface area contributed by atoms with E-state index in [0.29, 0.717) is 0 Å². The predicted octanol–water partition coefficient (Wildman–Crippen LogP) is 2.55. The Hall–Kier alpha value is -4.00. The molecule has 2 aromatic carbocycles. The van der Waals surface area contributed by atoms with Crippen molar-refractivity contribution in [2.24, 2.45) is 0 Å². The summed E-state index contributed by atoms with van der Waals surface area (Å²) in [7, 11) is 0. The van der Waals surface area contributed by atoms with E-state index in [1.54, 1.807) is 12.1 Å². The molecule has 0 unspecified atom stereocenters. The lowest BCUT2D eigenvalue weighted by atomic mass is 10.2. The number of para-hydroxylation sites is 1. The van der Waals surface area contributed by atoms with Gasteiger partial charge in [-0.3, -0.25) is 14.9 Å². The van der Waals surface area contributed by atoms with Gasteiger partial charge < -0.3 is 14.8 Å². The van der Waals surface area contributed by atoms with E-state index in [-0.39, 0.29) is 17.0 Å². The minimum absolute atomic E-state index is 0.0276. The third-order valence-electron chi connectivity index (χ3n) is 3.44. The molecule has 10 heteroatoms. The Labute approximate surface area is 158 Å². The molecule has 144 valence electrons. The number of halogens is 1. The molecule has 0 fully saturated rings. The van der Waals surface area contributed by atoms with Crippen molar-refractivity contribution in [3.05, 3.63) is 64.0 Å². The number of benzene rings is 2. The van der Waals surface area contributed by atoms with Gasteiger partial charge in [-0.2, -0.15) is 9.65 Å². The van der Waals surface area contributed by atoms with Crippen molar-refractivity contribution >= 4 is 23.3 Å². The minimum atomic E-state index is -1.24. The SMILES string of the molecule is C[C@@H](OC(=O)COc1ccccc1C#N)C(=O)Nc1ccc(F)c([N+](=O)[O-])c1. The van der Waals surface area contributed by atoms with Gasteiger partial charge in [-0.15, -0.1) is 0 Å². The lowest BCUT2D eigenvalue weighted by Gasteiger charge is -2.14. The monoisotopic (exact) mass is 387 g/mol. The van der Waals surface area contributed by atoms with Crippen molar-refractivity contribution < 1.29 is 28.4 Å². The molecule has 0 aliphatic carbocycles. The van der Waals surface area contributed by atoms with Crippen LogP contribution in [-0.4, -0.2) is 29.5 Å². The molecule has 0 bridgehead atoms. The fourth-order valence-corrected chi connectivity index (χ4v) is 2.08. The number of hydrogen-bond donors (Lipinski definition) is 1. The van der Waals surface area contributed by atoms with E-state index < -0.39 is 41.0 Å². The van der Waals surface area contributed by atoms with Crippen molar-refractivity contribution in [2.45, 2.75) is 13.0 Å². The Balaban J connectivity index is 1.91. The van der Waals surface area contributed by atoms with Crippen molar-refractivity contribution in [1.82, 2.24) is 0 Å². The van der Waals surface area contributed by atoms with Crippen LogP contribution in [0.15, 0.2) is 42.5 Å². The molecule has 0 spiro atoms. The first kappa shape index (κ1) is 20.3. The zero-order valence-electron chi connectivity index (χ0n) is 14.5. The van der Waals surface area contributed by atoms with Crippen LogP contribution in [0.4, 0.5) is 15.8 Å². The lowest BCUT2D eigenvalue weighted by Crippen LogP contribution is -2.31. The number of carbonyl (C=O) groups excluding carboxylic acids is 2. The molecule has 0 aliphatic rings. The quantitative estimate of drug-likeness (QED) is 0.439. The van der Waals surface area contributed by atoms with Gasteiger partial charge in [-0.25, -0.2) is 4.79 Å². The minimum Gasteiger partial charge on any atom is -0.481 e. The van der Waals surface area contributed by atoms with Crippen LogP contribution in [-0.2, 0) is 14.3 Å². The molecule has 0 heterocycles. The summed E-state index contributed by atoms with van der Waals surface area (Å²) in [5, 5.41) is 22.0. The highest BCUT2D eigenvalue weighted by Crippen LogP contribution is 2.22. The molecule has 28 heavy (non-hydrogen) atoms. The Morgan fingerprint density at radius 3 is 2.71 bits per heavy atom. The van der Waals surface area contributed by atoms with E-state index in [9.17, 15) is 24.1 Å². The van der Waals surface area contributed by atoms with Crippen LogP contribution in [0, 0.1) is 27.3 Å². The molecule has 0 radical (unpaired) electrons. The first-order valence-corrected chi connectivity index (χ1v) is 7.88. The molecule has 1 N–H and O–H groups in total. The Kier molecular flexibility index (Phi) is 6.59. The van der Waals surface area contributed by atoms with Gasteiger partial charge in [0.05, 0.1) is 10.5 Å². The van der Waals surface area contributed by atoms with Gasteiger partial charge in [0.25, 0.3) is 5.91 Å². The van der Waals surface area contributed by atoms with Crippen LogP contribution in [0.5, 0.6) is 5.75 Å². The van der Waals surface area contributed by atoms with E-state index in [2.05, 4.69) is 5.32 Å². The maximum Gasteiger partial charge on any atom is 0.344 e. The predicted molar refractivity (Wildman–Crippen MR) is 93.9 cm³/mol. The Morgan fingerprint density at radius 2 is 2.04 bits per heavy atom. The lowest BCUT2D eigenvalue weighted by molar-refractivity contribution is -0.387. The van der Waals surface area contributed by atoms with E-state index in [0.717, 1.165) is 18.2 Å². The number of anilines is 1. The third kappa shape index (κ3) is 5.25. The van der Waals surface area contributed by atoms with E-state index >= 15 is 0 Å².